The molecular weight excluding hydrogens is 376 g/mol. The van der Waals surface area contributed by atoms with E-state index in [4.69, 9.17) is 17.1 Å². The van der Waals surface area contributed by atoms with Crippen molar-refractivity contribution in [2.24, 2.45) is 0 Å². The summed E-state index contributed by atoms with van der Waals surface area (Å²) in [6.07, 6.45) is 18.0. The van der Waals surface area contributed by atoms with Crippen LogP contribution < -0.4 is 0 Å². The van der Waals surface area contributed by atoms with E-state index in [1.165, 1.54) is 77.0 Å². The maximum Gasteiger partial charge on any atom is 0.350 e. The van der Waals surface area contributed by atoms with Crippen LogP contribution in [0.3, 0.4) is 0 Å². The van der Waals surface area contributed by atoms with Crippen LogP contribution in [-0.4, -0.2) is 40.0 Å². The van der Waals surface area contributed by atoms with Gasteiger partial charge < -0.3 is 17.1 Å². The molecule has 3 aliphatic carbocycles. The summed E-state index contributed by atoms with van der Waals surface area (Å²) in [4.78, 5) is 0. The average Bonchev–Trinajstić information content (AvgIpc) is 3.45. The molecule has 0 aromatic heterocycles. The van der Waals surface area contributed by atoms with Crippen molar-refractivity contribution in [2.75, 3.05) is 12.8 Å². The van der Waals surface area contributed by atoms with E-state index in [1.807, 2.05) is 0 Å². The third-order valence-corrected chi connectivity index (χ3v) is 19.6. The third-order valence-electron chi connectivity index (χ3n) is 7.10. The van der Waals surface area contributed by atoms with Gasteiger partial charge in [-0.1, -0.05) is 45.4 Å². The average molecular weight is 415 g/mol. The lowest BCUT2D eigenvalue weighted by atomic mass is 10.4. The van der Waals surface area contributed by atoms with E-state index < -0.39 is 27.1 Å². The van der Waals surface area contributed by atoms with E-state index >= 15 is 0 Å². The lowest BCUT2D eigenvalue weighted by Gasteiger charge is -2.48. The molecule has 0 aromatic rings. The molecule has 4 fully saturated rings. The van der Waals surface area contributed by atoms with E-state index in [0.717, 1.165) is 30.3 Å². The second kappa shape index (κ2) is 9.33. The highest BCUT2D eigenvalue weighted by atomic mass is 28.5. The van der Waals surface area contributed by atoms with E-state index in [-0.39, 0.29) is 0 Å². The summed E-state index contributed by atoms with van der Waals surface area (Å²) in [5, 5.41) is 0. The molecule has 0 N–H and O–H groups in total. The van der Waals surface area contributed by atoms with Gasteiger partial charge in [0.15, 0.2) is 0 Å². The first-order valence-corrected chi connectivity index (χ1v) is 16.7. The predicted molar refractivity (Wildman–Crippen MR) is 111 cm³/mol. The SMILES string of the molecule is CCCOC[Si]1(C2CCCC2)O[SiH](C2CCCC2)O[SiH](C2CCCC2)O1. The van der Waals surface area contributed by atoms with E-state index in [1.54, 1.807) is 0 Å². The molecule has 0 spiro atoms. The van der Waals surface area contributed by atoms with Crippen LogP contribution in [0.25, 0.3) is 0 Å². The normalized spacial score (nSPS) is 37.7. The zero-order chi connectivity index (χ0) is 17.8. The van der Waals surface area contributed by atoms with Crippen LogP contribution in [0.5, 0.6) is 0 Å². The zero-order valence-corrected chi connectivity index (χ0v) is 19.9. The number of hydrogen-bond acceptors (Lipinski definition) is 4. The molecule has 1 aliphatic heterocycles. The fourth-order valence-electron chi connectivity index (χ4n) is 5.59. The van der Waals surface area contributed by atoms with Crippen LogP contribution in [0.15, 0.2) is 0 Å². The molecule has 150 valence electrons. The summed E-state index contributed by atoms with van der Waals surface area (Å²) in [6, 6.07) is 0. The molecule has 26 heavy (non-hydrogen) atoms. The van der Waals surface area contributed by atoms with Crippen molar-refractivity contribution < 1.29 is 17.1 Å². The molecule has 0 aromatic carbocycles. The van der Waals surface area contributed by atoms with Gasteiger partial charge in [0.1, 0.15) is 0 Å². The highest BCUT2D eigenvalue weighted by Crippen LogP contribution is 2.47. The molecule has 1 heterocycles. The second-order valence-corrected chi connectivity index (χ2v) is 18.1. The van der Waals surface area contributed by atoms with Crippen molar-refractivity contribution in [3.05, 3.63) is 0 Å². The van der Waals surface area contributed by atoms with Gasteiger partial charge in [0.25, 0.3) is 0 Å². The topological polar surface area (TPSA) is 36.9 Å². The summed E-state index contributed by atoms with van der Waals surface area (Å²) in [5.41, 5.74) is 2.15. The van der Waals surface area contributed by atoms with Crippen molar-refractivity contribution in [3.8, 4) is 0 Å². The van der Waals surface area contributed by atoms with Gasteiger partial charge in [-0.2, -0.15) is 0 Å². The minimum absolute atomic E-state index is 0.663. The Hall–Kier alpha value is 0.491. The fraction of sp³-hybridized carbons (Fsp3) is 1.00. The predicted octanol–water partition coefficient (Wildman–Crippen LogP) is 4.73. The Bertz CT molecular complexity index is 411. The minimum Gasteiger partial charge on any atom is -0.420 e. The van der Waals surface area contributed by atoms with Gasteiger partial charge in [-0.15, -0.1) is 0 Å². The first kappa shape index (κ1) is 19.8. The van der Waals surface area contributed by atoms with Crippen molar-refractivity contribution in [2.45, 2.75) is 107 Å². The fourth-order valence-corrected chi connectivity index (χ4v) is 21.3. The van der Waals surface area contributed by atoms with Gasteiger partial charge in [0, 0.05) is 12.1 Å². The van der Waals surface area contributed by atoms with Crippen molar-refractivity contribution in [1.29, 1.82) is 0 Å². The molecule has 0 amide bonds. The Morgan fingerprint density at radius 3 is 1.81 bits per heavy atom. The molecule has 3 saturated carbocycles. The Kier molecular flexibility index (Phi) is 7.10. The van der Waals surface area contributed by atoms with Gasteiger partial charge in [-0.3, -0.25) is 0 Å². The van der Waals surface area contributed by atoms with Gasteiger partial charge in [0.05, 0.1) is 6.23 Å². The Morgan fingerprint density at radius 2 is 1.31 bits per heavy atom. The van der Waals surface area contributed by atoms with E-state index in [0.29, 0.717) is 5.54 Å². The first-order chi connectivity index (χ1) is 12.8. The maximum absolute atomic E-state index is 7.02. The smallest absolute Gasteiger partial charge is 0.350 e. The molecule has 2 atom stereocenters. The largest absolute Gasteiger partial charge is 0.420 e. The molecule has 4 nitrogen and oxygen atoms in total. The van der Waals surface area contributed by atoms with Crippen LogP contribution in [0.4, 0.5) is 0 Å². The Balaban J connectivity index is 1.55. The first-order valence-electron chi connectivity index (χ1n) is 11.4. The second-order valence-electron chi connectivity index (χ2n) is 9.04. The lowest BCUT2D eigenvalue weighted by molar-refractivity contribution is 0.127. The molecule has 4 rings (SSSR count). The summed E-state index contributed by atoms with van der Waals surface area (Å²) >= 11 is 0. The molecule has 4 aliphatic rings. The van der Waals surface area contributed by atoms with Gasteiger partial charge >= 0.3 is 27.1 Å². The van der Waals surface area contributed by atoms with Crippen LogP contribution in [0, 0.1) is 0 Å². The van der Waals surface area contributed by atoms with Crippen LogP contribution >= 0.6 is 0 Å². The number of rotatable bonds is 7. The van der Waals surface area contributed by atoms with Crippen LogP contribution in [0.1, 0.15) is 90.4 Å². The molecule has 0 radical (unpaired) electrons. The zero-order valence-electron chi connectivity index (χ0n) is 16.6. The molecule has 7 heteroatoms. The van der Waals surface area contributed by atoms with Gasteiger partial charge in [-0.25, -0.2) is 0 Å². The van der Waals surface area contributed by atoms with Gasteiger partial charge in [0.2, 0.25) is 0 Å². The standard InChI is InChI=1S/C19H38O4Si3/c1-2-15-20-16-26(19-13-7-8-14-19)22-24(17-9-3-4-10-17)21-25(23-26)18-11-5-6-12-18/h17-19,24-25H,2-16H2,1H3. The van der Waals surface area contributed by atoms with Crippen molar-refractivity contribution in [3.63, 3.8) is 0 Å². The summed E-state index contributed by atoms with van der Waals surface area (Å²) in [7, 11) is -5.49. The molecular formula is C19H38O4Si3. The minimum atomic E-state index is -2.27. The molecule has 0 bridgehead atoms. The Labute approximate surface area is 164 Å². The monoisotopic (exact) mass is 414 g/mol. The van der Waals surface area contributed by atoms with Crippen LogP contribution in [-0.2, 0) is 17.1 Å². The summed E-state index contributed by atoms with van der Waals surface area (Å²) in [5.74, 6) is 0. The van der Waals surface area contributed by atoms with Gasteiger partial charge in [-0.05, 0) is 56.0 Å². The maximum atomic E-state index is 7.02. The van der Waals surface area contributed by atoms with Crippen LogP contribution in [0.2, 0.25) is 16.6 Å². The highest BCUT2D eigenvalue weighted by Gasteiger charge is 2.56. The highest BCUT2D eigenvalue weighted by molar-refractivity contribution is 6.85. The third kappa shape index (κ3) is 4.39. The summed E-state index contributed by atoms with van der Waals surface area (Å²) < 4.78 is 27.0. The molecule has 2 unspecified atom stereocenters. The number of ether oxygens (including phenoxy) is 1. The number of hydrogen-bond donors (Lipinski definition) is 0. The summed E-state index contributed by atoms with van der Waals surface area (Å²) in [6.45, 7) is 3.04. The quantitative estimate of drug-likeness (QED) is 0.446. The van der Waals surface area contributed by atoms with Crippen molar-refractivity contribution >= 4 is 27.1 Å². The molecule has 1 saturated heterocycles. The van der Waals surface area contributed by atoms with E-state index in [2.05, 4.69) is 6.92 Å². The van der Waals surface area contributed by atoms with Crippen molar-refractivity contribution in [1.82, 2.24) is 0 Å². The Morgan fingerprint density at radius 1 is 0.808 bits per heavy atom. The van der Waals surface area contributed by atoms with E-state index in [9.17, 15) is 0 Å². The lowest BCUT2D eigenvalue weighted by Crippen LogP contribution is -2.64.